The number of nitrogens with zero attached hydrogens (tertiary/aromatic N) is 1. The summed E-state index contributed by atoms with van der Waals surface area (Å²) in [5.74, 6) is -1.29. The van der Waals surface area contributed by atoms with Crippen LogP contribution in [0.1, 0.15) is 24.0 Å². The van der Waals surface area contributed by atoms with Crippen molar-refractivity contribution in [3.05, 3.63) is 75.8 Å². The molecule has 0 aliphatic carbocycles. The van der Waals surface area contributed by atoms with E-state index in [0.717, 1.165) is 0 Å². The number of esters is 1. The van der Waals surface area contributed by atoms with Gasteiger partial charge in [-0.25, -0.2) is 0 Å². The van der Waals surface area contributed by atoms with E-state index < -0.39 is 16.8 Å². The van der Waals surface area contributed by atoms with Crippen molar-refractivity contribution in [1.29, 1.82) is 0 Å². The Morgan fingerprint density at radius 1 is 1.14 bits per heavy atom. The summed E-state index contributed by atoms with van der Waals surface area (Å²) in [6.45, 7) is 1.93. The summed E-state index contributed by atoms with van der Waals surface area (Å²) in [7, 11) is 0. The molecule has 5 heteroatoms. The molecular formula is C16H15NO4. The lowest BCUT2D eigenvalue weighted by Gasteiger charge is -2.16. The first-order chi connectivity index (χ1) is 10.1. The van der Waals surface area contributed by atoms with Crippen molar-refractivity contribution in [1.82, 2.24) is 0 Å². The molecule has 5 nitrogen and oxygen atoms in total. The quantitative estimate of drug-likeness (QED) is 0.480. The van der Waals surface area contributed by atoms with Crippen LogP contribution in [0.5, 0.6) is 0 Å². The lowest BCUT2D eigenvalue weighted by atomic mass is 9.90. The fourth-order valence-corrected chi connectivity index (χ4v) is 2.21. The first kappa shape index (κ1) is 14.7. The largest absolute Gasteiger partial charge is 0.465 e. The van der Waals surface area contributed by atoms with E-state index in [2.05, 4.69) is 0 Å². The van der Waals surface area contributed by atoms with E-state index in [1.54, 1.807) is 49.4 Å². The number of carbonyl (C=O) groups excluding carboxylic acids is 1. The van der Waals surface area contributed by atoms with Gasteiger partial charge < -0.3 is 4.74 Å². The molecule has 0 aliphatic heterocycles. The zero-order chi connectivity index (χ0) is 15.2. The van der Waals surface area contributed by atoms with E-state index in [9.17, 15) is 14.9 Å². The lowest BCUT2D eigenvalue weighted by molar-refractivity contribution is -0.385. The number of benzene rings is 2. The molecule has 0 fully saturated rings. The van der Waals surface area contributed by atoms with Gasteiger partial charge in [0, 0.05) is 11.6 Å². The second-order valence-corrected chi connectivity index (χ2v) is 4.41. The Kier molecular flexibility index (Phi) is 4.66. The third-order valence-corrected chi connectivity index (χ3v) is 3.10. The monoisotopic (exact) mass is 285 g/mol. The van der Waals surface area contributed by atoms with Gasteiger partial charge in [-0.2, -0.15) is 0 Å². The van der Waals surface area contributed by atoms with Gasteiger partial charge >= 0.3 is 5.97 Å². The molecular weight excluding hydrogens is 270 g/mol. The van der Waals surface area contributed by atoms with Crippen molar-refractivity contribution in [2.75, 3.05) is 6.61 Å². The minimum Gasteiger partial charge on any atom is -0.465 e. The summed E-state index contributed by atoms with van der Waals surface area (Å²) in [5, 5.41) is 11.2. The molecule has 1 unspecified atom stereocenters. The molecule has 0 aliphatic rings. The maximum absolute atomic E-state index is 12.3. The van der Waals surface area contributed by atoms with Crippen LogP contribution in [-0.4, -0.2) is 17.5 Å². The van der Waals surface area contributed by atoms with E-state index in [1.165, 1.54) is 6.07 Å². The van der Waals surface area contributed by atoms with Crippen LogP contribution in [0.4, 0.5) is 5.69 Å². The molecule has 0 N–H and O–H groups in total. The van der Waals surface area contributed by atoms with Crippen molar-refractivity contribution in [2.24, 2.45) is 0 Å². The SMILES string of the molecule is CCOC(=O)C(c1ccccc1)c1ccccc1[N+](=O)[O-]. The van der Waals surface area contributed by atoms with Crippen LogP contribution in [0.25, 0.3) is 0 Å². The van der Waals surface area contributed by atoms with Gasteiger partial charge in [-0.15, -0.1) is 0 Å². The Balaban J connectivity index is 2.56. The molecule has 0 radical (unpaired) electrons. The minimum atomic E-state index is -0.798. The average Bonchev–Trinajstić information content (AvgIpc) is 2.49. The summed E-state index contributed by atoms with van der Waals surface area (Å²) in [4.78, 5) is 23.0. The Bertz CT molecular complexity index is 640. The van der Waals surface area contributed by atoms with E-state index >= 15 is 0 Å². The summed E-state index contributed by atoms with van der Waals surface area (Å²) in [6.07, 6.45) is 0. The molecule has 0 heterocycles. The molecule has 0 amide bonds. The molecule has 1 atom stereocenters. The second kappa shape index (κ2) is 6.65. The number of carbonyl (C=O) groups is 1. The Hall–Kier alpha value is -2.69. The van der Waals surface area contributed by atoms with Gasteiger partial charge in [-0.05, 0) is 12.5 Å². The zero-order valence-electron chi connectivity index (χ0n) is 11.6. The van der Waals surface area contributed by atoms with Crippen molar-refractivity contribution >= 4 is 11.7 Å². The maximum Gasteiger partial charge on any atom is 0.318 e. The zero-order valence-corrected chi connectivity index (χ0v) is 11.6. The number of hydrogen-bond acceptors (Lipinski definition) is 4. The van der Waals surface area contributed by atoms with Crippen LogP contribution in [0.2, 0.25) is 0 Å². The first-order valence-electron chi connectivity index (χ1n) is 6.60. The van der Waals surface area contributed by atoms with Gasteiger partial charge in [0.05, 0.1) is 11.5 Å². The fraction of sp³-hybridized carbons (Fsp3) is 0.188. The molecule has 21 heavy (non-hydrogen) atoms. The van der Waals surface area contributed by atoms with Crippen LogP contribution in [-0.2, 0) is 9.53 Å². The van der Waals surface area contributed by atoms with Crippen LogP contribution >= 0.6 is 0 Å². The Morgan fingerprint density at radius 3 is 2.38 bits per heavy atom. The predicted molar refractivity (Wildman–Crippen MR) is 78.0 cm³/mol. The number of nitro benzene ring substituents is 1. The molecule has 0 aromatic heterocycles. The topological polar surface area (TPSA) is 69.4 Å². The molecule has 0 bridgehead atoms. The molecule has 2 aromatic rings. The van der Waals surface area contributed by atoms with Gasteiger partial charge in [-0.3, -0.25) is 14.9 Å². The number of rotatable bonds is 5. The van der Waals surface area contributed by atoms with Crippen LogP contribution in [0.15, 0.2) is 54.6 Å². The normalized spacial score (nSPS) is 11.7. The highest BCUT2D eigenvalue weighted by Crippen LogP contribution is 2.32. The molecule has 2 aromatic carbocycles. The van der Waals surface area contributed by atoms with E-state index in [4.69, 9.17) is 4.74 Å². The fourth-order valence-electron chi connectivity index (χ4n) is 2.21. The Morgan fingerprint density at radius 2 is 1.76 bits per heavy atom. The number of ether oxygens (including phenoxy) is 1. The highest BCUT2D eigenvalue weighted by molar-refractivity contribution is 5.83. The van der Waals surface area contributed by atoms with Crippen molar-refractivity contribution in [2.45, 2.75) is 12.8 Å². The van der Waals surface area contributed by atoms with E-state index in [0.29, 0.717) is 11.1 Å². The van der Waals surface area contributed by atoms with E-state index in [-0.39, 0.29) is 12.3 Å². The molecule has 2 rings (SSSR count). The predicted octanol–water partition coefficient (Wildman–Crippen LogP) is 3.29. The van der Waals surface area contributed by atoms with Crippen LogP contribution < -0.4 is 0 Å². The second-order valence-electron chi connectivity index (χ2n) is 4.41. The summed E-state index contributed by atoms with van der Waals surface area (Å²) in [5.41, 5.74) is 0.928. The van der Waals surface area contributed by atoms with Crippen LogP contribution in [0, 0.1) is 10.1 Å². The summed E-state index contributed by atoms with van der Waals surface area (Å²) in [6, 6.07) is 15.2. The van der Waals surface area contributed by atoms with Gasteiger partial charge in [0.1, 0.15) is 5.92 Å². The van der Waals surface area contributed by atoms with Gasteiger partial charge in [-0.1, -0.05) is 48.5 Å². The lowest BCUT2D eigenvalue weighted by Crippen LogP contribution is -2.18. The molecule has 0 saturated heterocycles. The molecule has 0 saturated carbocycles. The van der Waals surface area contributed by atoms with Gasteiger partial charge in [0.25, 0.3) is 5.69 Å². The summed E-state index contributed by atoms with van der Waals surface area (Å²) >= 11 is 0. The minimum absolute atomic E-state index is 0.0839. The van der Waals surface area contributed by atoms with Gasteiger partial charge in [0.2, 0.25) is 0 Å². The van der Waals surface area contributed by atoms with Crippen molar-refractivity contribution in [3.8, 4) is 0 Å². The van der Waals surface area contributed by atoms with Crippen molar-refractivity contribution < 1.29 is 14.5 Å². The number of para-hydroxylation sites is 1. The third-order valence-electron chi connectivity index (χ3n) is 3.10. The number of nitro groups is 1. The maximum atomic E-state index is 12.3. The highest BCUT2D eigenvalue weighted by atomic mass is 16.6. The number of hydrogen-bond donors (Lipinski definition) is 0. The molecule has 108 valence electrons. The smallest absolute Gasteiger partial charge is 0.318 e. The van der Waals surface area contributed by atoms with Crippen molar-refractivity contribution in [3.63, 3.8) is 0 Å². The van der Waals surface area contributed by atoms with Crippen LogP contribution in [0.3, 0.4) is 0 Å². The standard InChI is InChI=1S/C16H15NO4/c1-2-21-16(18)15(12-8-4-3-5-9-12)13-10-6-7-11-14(13)17(19)20/h3-11,15H,2H2,1H3. The molecule has 0 spiro atoms. The van der Waals surface area contributed by atoms with E-state index in [1.807, 2.05) is 6.07 Å². The summed E-state index contributed by atoms with van der Waals surface area (Å²) < 4.78 is 5.09. The average molecular weight is 285 g/mol. The third kappa shape index (κ3) is 3.25. The van der Waals surface area contributed by atoms with Gasteiger partial charge in [0.15, 0.2) is 0 Å². The first-order valence-corrected chi connectivity index (χ1v) is 6.60. The highest BCUT2D eigenvalue weighted by Gasteiger charge is 2.30. The Labute approximate surface area is 122 Å².